The number of hydrogen-bond donors (Lipinski definition) is 2. The monoisotopic (exact) mass is 279 g/mol. The molecule has 0 saturated carbocycles. The lowest BCUT2D eigenvalue weighted by Crippen LogP contribution is -2.34. The van der Waals surface area contributed by atoms with Crippen LogP contribution in [-0.4, -0.2) is 46.3 Å². The maximum absolute atomic E-state index is 9.71. The molecule has 1 aromatic heterocycles. The molecule has 0 spiro atoms. The van der Waals surface area contributed by atoms with Crippen LogP contribution in [-0.2, 0) is 6.42 Å². The van der Waals surface area contributed by atoms with Crippen LogP contribution in [0.2, 0.25) is 0 Å². The van der Waals surface area contributed by atoms with E-state index in [1.807, 2.05) is 11.8 Å². The summed E-state index contributed by atoms with van der Waals surface area (Å²) >= 11 is 2.00. The summed E-state index contributed by atoms with van der Waals surface area (Å²) in [5.74, 6) is 3.00. The fourth-order valence-corrected chi connectivity index (χ4v) is 3.44. The summed E-state index contributed by atoms with van der Waals surface area (Å²) in [5, 5.41) is 14.3. The molecule has 3 rings (SSSR count). The highest BCUT2D eigenvalue weighted by atomic mass is 32.2. The van der Waals surface area contributed by atoms with Crippen molar-refractivity contribution >= 4 is 28.5 Å². The van der Waals surface area contributed by atoms with E-state index in [-0.39, 0.29) is 5.75 Å². The highest BCUT2D eigenvalue weighted by molar-refractivity contribution is 7.99. The average molecular weight is 279 g/mol. The first kappa shape index (κ1) is 12.6. The van der Waals surface area contributed by atoms with Gasteiger partial charge in [0.05, 0.1) is 5.39 Å². The Morgan fingerprint density at radius 1 is 1.37 bits per heavy atom. The molecule has 0 bridgehead atoms. The molecule has 1 saturated heterocycles. The Kier molecular flexibility index (Phi) is 3.52. The van der Waals surface area contributed by atoms with Gasteiger partial charge in [0, 0.05) is 37.2 Å². The molecule has 1 aromatic carbocycles. The number of nitrogens with two attached hydrogens (primary N) is 1. The van der Waals surface area contributed by atoms with Gasteiger partial charge in [0.25, 0.3) is 0 Å². The Labute approximate surface area is 115 Å². The number of fused-ring (bicyclic) bond motifs is 1. The number of anilines is 1. The minimum absolute atomic E-state index is 0.202. The summed E-state index contributed by atoms with van der Waals surface area (Å²) in [4.78, 5) is 2.44. The number of rotatable bonds is 3. The maximum Gasteiger partial charge on any atom is 0.175 e. The number of nitrogen functional groups attached to an aromatic ring is 1. The second kappa shape index (κ2) is 5.30. The lowest BCUT2D eigenvalue weighted by atomic mass is 10.1. The predicted molar refractivity (Wildman–Crippen MR) is 77.6 cm³/mol. The molecule has 2 heterocycles. The third-order valence-corrected chi connectivity index (χ3v) is 4.41. The molecule has 2 aromatic rings. The fraction of sp³-hybridized carbons (Fsp3) is 0.462. The van der Waals surface area contributed by atoms with Gasteiger partial charge in [-0.05, 0) is 18.1 Å². The third kappa shape index (κ3) is 2.64. The van der Waals surface area contributed by atoms with Crippen molar-refractivity contribution in [3.8, 4) is 5.75 Å². The van der Waals surface area contributed by atoms with Crippen molar-refractivity contribution in [2.24, 2.45) is 0 Å². The van der Waals surface area contributed by atoms with E-state index in [0.29, 0.717) is 11.4 Å². The molecule has 0 aliphatic carbocycles. The molecule has 5 nitrogen and oxygen atoms in total. The Hall–Kier alpha value is -1.40. The van der Waals surface area contributed by atoms with Crippen molar-refractivity contribution in [2.75, 3.05) is 36.9 Å². The summed E-state index contributed by atoms with van der Waals surface area (Å²) < 4.78 is 5.11. The molecule has 1 aliphatic rings. The third-order valence-electron chi connectivity index (χ3n) is 3.47. The van der Waals surface area contributed by atoms with Crippen LogP contribution in [0.4, 0.5) is 5.82 Å². The molecular weight excluding hydrogens is 262 g/mol. The lowest BCUT2D eigenvalue weighted by molar-refractivity contribution is 0.307. The largest absolute Gasteiger partial charge is 0.508 e. The predicted octanol–water partition coefficient (Wildman–Crippen LogP) is 1.71. The first-order valence-electron chi connectivity index (χ1n) is 6.41. The summed E-state index contributed by atoms with van der Waals surface area (Å²) in [6, 6.07) is 3.31. The van der Waals surface area contributed by atoms with Gasteiger partial charge in [-0.15, -0.1) is 0 Å². The first-order chi connectivity index (χ1) is 9.24. The van der Waals surface area contributed by atoms with Gasteiger partial charge in [-0.1, -0.05) is 5.16 Å². The van der Waals surface area contributed by atoms with E-state index in [1.165, 1.54) is 11.5 Å². The van der Waals surface area contributed by atoms with Gasteiger partial charge in [0.2, 0.25) is 0 Å². The summed E-state index contributed by atoms with van der Waals surface area (Å²) in [6.45, 7) is 3.24. The number of aromatic nitrogens is 1. The molecule has 102 valence electrons. The quantitative estimate of drug-likeness (QED) is 0.891. The minimum Gasteiger partial charge on any atom is -0.508 e. The van der Waals surface area contributed by atoms with Crippen LogP contribution in [0.3, 0.4) is 0 Å². The van der Waals surface area contributed by atoms with Crippen LogP contribution in [0.1, 0.15) is 5.56 Å². The van der Waals surface area contributed by atoms with Gasteiger partial charge in [0.1, 0.15) is 5.75 Å². The standard InChI is InChI=1S/C13H17N3O2S/c14-13-12-9(1-2-16-3-5-19-6-4-16)7-10(17)8-11(12)18-15-13/h7-8,17H,1-6H2,(H2,14,15). The van der Waals surface area contributed by atoms with Crippen molar-refractivity contribution in [1.82, 2.24) is 10.1 Å². The molecule has 1 fully saturated rings. The summed E-state index contributed by atoms with van der Waals surface area (Å²) in [5.41, 5.74) is 7.40. The van der Waals surface area contributed by atoms with Crippen LogP contribution in [0, 0.1) is 0 Å². The Morgan fingerprint density at radius 3 is 2.95 bits per heavy atom. The highest BCUT2D eigenvalue weighted by Crippen LogP contribution is 2.29. The number of phenols is 1. The van der Waals surface area contributed by atoms with Gasteiger partial charge in [-0.25, -0.2) is 0 Å². The van der Waals surface area contributed by atoms with Crippen LogP contribution in [0.25, 0.3) is 11.0 Å². The number of phenolic OH excluding ortho intramolecular Hbond substituents is 1. The van der Waals surface area contributed by atoms with E-state index in [4.69, 9.17) is 10.3 Å². The average Bonchev–Trinajstić information content (AvgIpc) is 2.79. The molecule has 19 heavy (non-hydrogen) atoms. The van der Waals surface area contributed by atoms with Crippen LogP contribution in [0.15, 0.2) is 16.7 Å². The van der Waals surface area contributed by atoms with E-state index < -0.39 is 0 Å². The molecule has 0 atom stereocenters. The van der Waals surface area contributed by atoms with Crippen molar-refractivity contribution in [3.05, 3.63) is 17.7 Å². The molecular formula is C13H17N3O2S. The number of thioether (sulfide) groups is 1. The van der Waals surface area contributed by atoms with Crippen molar-refractivity contribution in [3.63, 3.8) is 0 Å². The van der Waals surface area contributed by atoms with Crippen molar-refractivity contribution in [2.45, 2.75) is 6.42 Å². The van der Waals surface area contributed by atoms with Crippen LogP contribution in [0.5, 0.6) is 5.75 Å². The topological polar surface area (TPSA) is 75.5 Å². The minimum atomic E-state index is 0.202. The SMILES string of the molecule is Nc1noc2cc(O)cc(CCN3CCSCC3)c12. The number of benzene rings is 1. The van der Waals surface area contributed by atoms with E-state index >= 15 is 0 Å². The molecule has 6 heteroatoms. The highest BCUT2D eigenvalue weighted by Gasteiger charge is 2.15. The summed E-state index contributed by atoms with van der Waals surface area (Å²) in [6.07, 6.45) is 0.848. The Balaban J connectivity index is 1.81. The zero-order valence-corrected chi connectivity index (χ0v) is 11.4. The van der Waals surface area contributed by atoms with E-state index in [0.717, 1.165) is 37.0 Å². The molecule has 0 unspecified atom stereocenters. The molecule has 0 radical (unpaired) electrons. The van der Waals surface area contributed by atoms with E-state index in [9.17, 15) is 5.11 Å². The van der Waals surface area contributed by atoms with E-state index in [2.05, 4.69) is 10.1 Å². The second-order valence-corrected chi connectivity index (χ2v) is 5.97. The van der Waals surface area contributed by atoms with Gasteiger partial charge in [0.15, 0.2) is 11.4 Å². The molecule has 1 aliphatic heterocycles. The van der Waals surface area contributed by atoms with Gasteiger partial charge in [-0.3, -0.25) is 0 Å². The van der Waals surface area contributed by atoms with Gasteiger partial charge in [-0.2, -0.15) is 11.8 Å². The normalized spacial score (nSPS) is 17.1. The fourth-order valence-electron chi connectivity index (χ4n) is 2.46. The maximum atomic E-state index is 9.71. The number of aromatic hydroxyl groups is 1. The smallest absolute Gasteiger partial charge is 0.175 e. The van der Waals surface area contributed by atoms with Crippen LogP contribution < -0.4 is 5.73 Å². The van der Waals surface area contributed by atoms with Crippen LogP contribution >= 0.6 is 11.8 Å². The van der Waals surface area contributed by atoms with Gasteiger partial charge < -0.3 is 20.3 Å². The second-order valence-electron chi connectivity index (χ2n) is 4.75. The molecule has 0 amide bonds. The summed E-state index contributed by atoms with van der Waals surface area (Å²) in [7, 11) is 0. The zero-order valence-electron chi connectivity index (χ0n) is 10.6. The Morgan fingerprint density at radius 2 is 2.16 bits per heavy atom. The van der Waals surface area contributed by atoms with Crippen molar-refractivity contribution in [1.29, 1.82) is 0 Å². The van der Waals surface area contributed by atoms with Crippen molar-refractivity contribution < 1.29 is 9.63 Å². The number of hydrogen-bond acceptors (Lipinski definition) is 6. The Bertz CT molecular complexity index is 579. The number of nitrogens with zero attached hydrogens (tertiary/aromatic N) is 2. The lowest BCUT2D eigenvalue weighted by Gasteiger charge is -2.26. The zero-order chi connectivity index (χ0) is 13.2. The molecule has 3 N–H and O–H groups in total. The van der Waals surface area contributed by atoms with E-state index in [1.54, 1.807) is 12.1 Å². The van der Waals surface area contributed by atoms with Gasteiger partial charge >= 0.3 is 0 Å². The first-order valence-corrected chi connectivity index (χ1v) is 7.56.